The highest BCUT2D eigenvalue weighted by atomic mass is 16.5. The number of ether oxygens (including phenoxy) is 1. The maximum atomic E-state index is 5.97. The van der Waals surface area contributed by atoms with E-state index in [9.17, 15) is 0 Å². The number of nitrogens with one attached hydrogen (secondary N) is 1. The predicted octanol–water partition coefficient (Wildman–Crippen LogP) is 1.88. The van der Waals surface area contributed by atoms with Gasteiger partial charge in [-0.2, -0.15) is 0 Å². The van der Waals surface area contributed by atoms with Gasteiger partial charge in [0.15, 0.2) is 0 Å². The van der Waals surface area contributed by atoms with E-state index in [1.807, 2.05) is 0 Å². The molecule has 0 aromatic rings. The molecule has 1 saturated heterocycles. The normalized spacial score (nSPS) is 28.9. The zero-order valence-corrected chi connectivity index (χ0v) is 11.5. The van der Waals surface area contributed by atoms with Gasteiger partial charge in [0.05, 0.1) is 12.7 Å². The van der Waals surface area contributed by atoms with Gasteiger partial charge < -0.3 is 15.0 Å². The molecule has 0 aromatic heterocycles. The van der Waals surface area contributed by atoms with E-state index >= 15 is 0 Å². The molecule has 1 saturated carbocycles. The van der Waals surface area contributed by atoms with Crippen LogP contribution in [-0.2, 0) is 4.74 Å². The number of nitrogens with zero attached hydrogens (tertiary/aromatic N) is 1. The van der Waals surface area contributed by atoms with E-state index in [0.29, 0.717) is 12.1 Å². The van der Waals surface area contributed by atoms with Gasteiger partial charge in [-0.25, -0.2) is 0 Å². The van der Waals surface area contributed by atoms with Crippen LogP contribution in [0.2, 0.25) is 0 Å². The van der Waals surface area contributed by atoms with Gasteiger partial charge in [-0.1, -0.05) is 26.2 Å². The summed E-state index contributed by atoms with van der Waals surface area (Å²) < 4.78 is 5.97. The van der Waals surface area contributed by atoms with Crippen molar-refractivity contribution < 1.29 is 4.74 Å². The van der Waals surface area contributed by atoms with E-state index in [4.69, 9.17) is 4.74 Å². The van der Waals surface area contributed by atoms with Gasteiger partial charge in [0.2, 0.25) is 0 Å². The van der Waals surface area contributed by atoms with Gasteiger partial charge >= 0.3 is 0 Å². The van der Waals surface area contributed by atoms with Crippen LogP contribution in [0.1, 0.15) is 39.0 Å². The summed E-state index contributed by atoms with van der Waals surface area (Å²) in [6, 6.07) is 0.572. The summed E-state index contributed by atoms with van der Waals surface area (Å²) in [6.45, 7) is 6.44. The molecular formula is C14H28N2O. The lowest BCUT2D eigenvalue weighted by atomic mass is 9.79. The third-order valence-electron chi connectivity index (χ3n) is 4.21. The minimum Gasteiger partial charge on any atom is -0.374 e. The zero-order chi connectivity index (χ0) is 12.1. The molecule has 1 aliphatic heterocycles. The Kier molecular flexibility index (Phi) is 5.26. The zero-order valence-electron chi connectivity index (χ0n) is 11.5. The fraction of sp³-hybridized carbons (Fsp3) is 1.00. The number of morpholine rings is 1. The van der Waals surface area contributed by atoms with Crippen LogP contribution in [-0.4, -0.2) is 50.3 Å². The molecule has 2 aliphatic rings. The Balaban J connectivity index is 1.83. The average molecular weight is 240 g/mol. The Morgan fingerprint density at radius 1 is 1.41 bits per heavy atom. The third-order valence-corrected chi connectivity index (χ3v) is 4.21. The number of hydrogen-bond acceptors (Lipinski definition) is 3. The van der Waals surface area contributed by atoms with Crippen molar-refractivity contribution in [2.45, 2.75) is 51.2 Å². The van der Waals surface area contributed by atoms with Crippen LogP contribution >= 0.6 is 0 Å². The monoisotopic (exact) mass is 240 g/mol. The molecule has 2 rings (SSSR count). The van der Waals surface area contributed by atoms with Crippen molar-refractivity contribution in [3.05, 3.63) is 0 Å². The van der Waals surface area contributed by atoms with Crippen LogP contribution in [0, 0.1) is 5.92 Å². The molecule has 0 radical (unpaired) electrons. The lowest BCUT2D eigenvalue weighted by Crippen LogP contribution is -2.52. The third kappa shape index (κ3) is 3.94. The summed E-state index contributed by atoms with van der Waals surface area (Å²) in [4.78, 5) is 2.40. The molecule has 2 unspecified atom stereocenters. The lowest BCUT2D eigenvalue weighted by Gasteiger charge is -2.38. The molecule has 0 amide bonds. The van der Waals surface area contributed by atoms with Crippen LogP contribution in [0.15, 0.2) is 0 Å². The van der Waals surface area contributed by atoms with Gasteiger partial charge in [-0.3, -0.25) is 0 Å². The Labute approximate surface area is 106 Å². The highest BCUT2D eigenvalue weighted by Crippen LogP contribution is 2.31. The SMILES string of the molecule is CCCNC(CC1CCC1)C1CN(C)CCO1. The van der Waals surface area contributed by atoms with Crippen LogP contribution in [0.3, 0.4) is 0 Å². The molecule has 0 bridgehead atoms. The van der Waals surface area contributed by atoms with Crippen molar-refractivity contribution in [3.63, 3.8) is 0 Å². The second-order valence-corrected chi connectivity index (χ2v) is 5.76. The van der Waals surface area contributed by atoms with Crippen LogP contribution in [0.25, 0.3) is 0 Å². The molecule has 17 heavy (non-hydrogen) atoms. The second-order valence-electron chi connectivity index (χ2n) is 5.76. The maximum Gasteiger partial charge on any atom is 0.0855 e. The Bertz CT molecular complexity index is 218. The molecule has 1 aliphatic carbocycles. The van der Waals surface area contributed by atoms with Crippen LogP contribution in [0.4, 0.5) is 0 Å². The van der Waals surface area contributed by atoms with Crippen molar-refractivity contribution in [3.8, 4) is 0 Å². The number of rotatable bonds is 6. The first-order valence-electron chi connectivity index (χ1n) is 7.33. The minimum absolute atomic E-state index is 0.404. The standard InChI is InChI=1S/C14H28N2O/c1-3-7-15-13(10-12-5-4-6-12)14-11-16(2)8-9-17-14/h12-15H,3-11H2,1-2H3. The van der Waals surface area contributed by atoms with E-state index < -0.39 is 0 Å². The summed E-state index contributed by atoms with van der Waals surface area (Å²) in [5.41, 5.74) is 0. The molecule has 2 atom stereocenters. The quantitative estimate of drug-likeness (QED) is 0.767. The average Bonchev–Trinajstić information content (AvgIpc) is 2.27. The summed E-state index contributed by atoms with van der Waals surface area (Å²) in [5.74, 6) is 0.959. The molecule has 3 nitrogen and oxygen atoms in total. The summed E-state index contributed by atoms with van der Waals surface area (Å²) in [5, 5.41) is 3.71. The highest BCUT2D eigenvalue weighted by Gasteiger charge is 2.30. The van der Waals surface area contributed by atoms with Gasteiger partial charge in [0, 0.05) is 19.1 Å². The van der Waals surface area contributed by atoms with Crippen molar-refractivity contribution in [1.82, 2.24) is 10.2 Å². The van der Waals surface area contributed by atoms with Gasteiger partial charge in [-0.15, -0.1) is 0 Å². The fourth-order valence-electron chi connectivity index (χ4n) is 2.84. The molecule has 100 valence electrons. The predicted molar refractivity (Wildman–Crippen MR) is 71.3 cm³/mol. The second kappa shape index (κ2) is 6.72. The summed E-state index contributed by atoms with van der Waals surface area (Å²) >= 11 is 0. The van der Waals surface area contributed by atoms with Crippen molar-refractivity contribution in [2.24, 2.45) is 5.92 Å². The smallest absolute Gasteiger partial charge is 0.0855 e. The van der Waals surface area contributed by atoms with Crippen molar-refractivity contribution >= 4 is 0 Å². The first-order valence-corrected chi connectivity index (χ1v) is 7.33. The molecule has 0 aromatic carbocycles. The maximum absolute atomic E-state index is 5.97. The largest absolute Gasteiger partial charge is 0.374 e. The fourth-order valence-corrected chi connectivity index (χ4v) is 2.84. The van der Waals surface area contributed by atoms with Crippen LogP contribution < -0.4 is 5.32 Å². The number of hydrogen-bond donors (Lipinski definition) is 1. The van der Waals surface area contributed by atoms with Gasteiger partial charge in [-0.05, 0) is 32.4 Å². The van der Waals surface area contributed by atoms with E-state index in [0.717, 1.165) is 32.2 Å². The molecule has 2 fully saturated rings. The van der Waals surface area contributed by atoms with E-state index in [2.05, 4.69) is 24.2 Å². The van der Waals surface area contributed by atoms with Gasteiger partial charge in [0.1, 0.15) is 0 Å². The Hall–Kier alpha value is -0.120. The van der Waals surface area contributed by atoms with E-state index in [1.165, 1.54) is 32.1 Å². The van der Waals surface area contributed by atoms with Crippen LogP contribution in [0.5, 0.6) is 0 Å². The first-order chi connectivity index (χ1) is 8.29. The van der Waals surface area contributed by atoms with E-state index in [-0.39, 0.29) is 0 Å². The first kappa shape index (κ1) is 13.3. The van der Waals surface area contributed by atoms with E-state index in [1.54, 1.807) is 0 Å². The lowest BCUT2D eigenvalue weighted by molar-refractivity contribution is -0.0443. The number of likely N-dealkylation sites (N-methyl/N-ethyl adjacent to an activating group) is 1. The summed E-state index contributed by atoms with van der Waals surface area (Å²) in [7, 11) is 2.20. The molecule has 3 heteroatoms. The van der Waals surface area contributed by atoms with Gasteiger partial charge in [0.25, 0.3) is 0 Å². The topological polar surface area (TPSA) is 24.5 Å². The summed E-state index contributed by atoms with van der Waals surface area (Å²) in [6.07, 6.45) is 7.25. The van der Waals surface area contributed by atoms with Crippen molar-refractivity contribution in [2.75, 3.05) is 33.3 Å². The molecule has 1 heterocycles. The molecule has 1 N–H and O–H groups in total. The van der Waals surface area contributed by atoms with Crippen molar-refractivity contribution in [1.29, 1.82) is 0 Å². The molecule has 0 spiro atoms. The highest BCUT2D eigenvalue weighted by molar-refractivity contribution is 4.86. The molecular weight excluding hydrogens is 212 g/mol. The minimum atomic E-state index is 0.404. The Morgan fingerprint density at radius 3 is 2.82 bits per heavy atom. The Morgan fingerprint density at radius 2 is 2.24 bits per heavy atom.